The van der Waals surface area contributed by atoms with Crippen LogP contribution in [0.15, 0.2) is 41.9 Å². The monoisotopic (exact) mass is 447 g/mol. The Hall–Kier alpha value is -1.15. The Morgan fingerprint density at radius 3 is 2.54 bits per heavy atom. The van der Waals surface area contributed by atoms with Crippen LogP contribution in [0, 0.1) is 5.82 Å². The van der Waals surface area contributed by atoms with Crippen molar-refractivity contribution >= 4 is 29.9 Å². The Morgan fingerprint density at radius 1 is 1.29 bits per heavy atom. The minimum absolute atomic E-state index is 0. The van der Waals surface area contributed by atoms with Crippen LogP contribution in [0.4, 0.5) is 4.39 Å². The van der Waals surface area contributed by atoms with Gasteiger partial charge >= 0.3 is 0 Å². The third-order valence-electron chi connectivity index (χ3n) is 4.20. The molecule has 1 aromatic rings. The van der Waals surface area contributed by atoms with Gasteiger partial charge in [0.1, 0.15) is 5.82 Å². The molecule has 1 aliphatic heterocycles. The fourth-order valence-electron chi connectivity index (χ4n) is 2.84. The number of nitrogens with zero attached hydrogens (tertiary/aromatic N) is 1. The molecule has 0 bridgehead atoms. The van der Waals surface area contributed by atoms with Gasteiger partial charge in [-0.05, 0) is 37.5 Å². The molecule has 1 saturated heterocycles. The number of ether oxygens (including phenoxy) is 1. The van der Waals surface area contributed by atoms with Crippen LogP contribution >= 0.6 is 24.0 Å². The second-order valence-corrected chi connectivity index (χ2v) is 5.76. The number of rotatable bonds is 6. The fourth-order valence-corrected chi connectivity index (χ4v) is 2.84. The highest BCUT2D eigenvalue weighted by atomic mass is 127. The van der Waals surface area contributed by atoms with E-state index in [4.69, 9.17) is 9.73 Å². The molecule has 0 saturated carbocycles. The minimum Gasteiger partial charge on any atom is -0.381 e. The lowest BCUT2D eigenvalue weighted by Crippen LogP contribution is -2.41. The van der Waals surface area contributed by atoms with Crippen molar-refractivity contribution in [3.63, 3.8) is 0 Å². The summed E-state index contributed by atoms with van der Waals surface area (Å²) in [6.07, 6.45) is 3.59. The maximum atomic E-state index is 13.3. The van der Waals surface area contributed by atoms with Crippen molar-refractivity contribution < 1.29 is 9.13 Å². The third-order valence-corrected chi connectivity index (χ3v) is 4.20. The van der Waals surface area contributed by atoms with Crippen molar-refractivity contribution in [1.82, 2.24) is 10.6 Å². The van der Waals surface area contributed by atoms with Crippen LogP contribution in [0.1, 0.15) is 25.3 Å². The van der Waals surface area contributed by atoms with Gasteiger partial charge in [0.05, 0.1) is 6.54 Å². The Bertz CT molecular complexity index is 528. The molecule has 134 valence electrons. The van der Waals surface area contributed by atoms with E-state index in [2.05, 4.69) is 17.2 Å². The topological polar surface area (TPSA) is 45.7 Å². The lowest BCUT2D eigenvalue weighted by molar-refractivity contribution is 0.0531. The van der Waals surface area contributed by atoms with Crippen molar-refractivity contribution in [2.24, 2.45) is 4.99 Å². The van der Waals surface area contributed by atoms with Crippen LogP contribution in [0.2, 0.25) is 0 Å². The zero-order chi connectivity index (χ0) is 16.5. The van der Waals surface area contributed by atoms with Crippen LogP contribution in [-0.4, -0.2) is 38.8 Å². The first-order valence-corrected chi connectivity index (χ1v) is 8.17. The van der Waals surface area contributed by atoms with E-state index in [0.717, 1.165) is 30.9 Å². The quantitative estimate of drug-likeness (QED) is 0.305. The number of nitrogens with one attached hydrogen (secondary N) is 2. The van der Waals surface area contributed by atoms with Crippen molar-refractivity contribution in [2.75, 3.05) is 32.8 Å². The largest absolute Gasteiger partial charge is 0.381 e. The summed E-state index contributed by atoms with van der Waals surface area (Å²) in [7, 11) is 0. The summed E-state index contributed by atoms with van der Waals surface area (Å²) in [6, 6.07) is 6.80. The molecule has 0 radical (unpaired) electrons. The van der Waals surface area contributed by atoms with E-state index in [1.54, 1.807) is 6.08 Å². The number of aliphatic imine (C=N–C) groups is 1. The van der Waals surface area contributed by atoms with Crippen molar-refractivity contribution in [1.29, 1.82) is 0 Å². The van der Waals surface area contributed by atoms with Gasteiger partial charge < -0.3 is 15.4 Å². The molecule has 1 aliphatic rings. The molecule has 2 N–H and O–H groups in total. The Morgan fingerprint density at radius 2 is 1.96 bits per heavy atom. The van der Waals surface area contributed by atoms with Crippen LogP contribution in [0.25, 0.3) is 0 Å². The number of halogens is 2. The first kappa shape index (κ1) is 20.9. The summed E-state index contributed by atoms with van der Waals surface area (Å²) in [5, 5.41) is 6.45. The second kappa shape index (κ2) is 10.7. The van der Waals surface area contributed by atoms with E-state index in [0.29, 0.717) is 26.3 Å². The molecule has 4 nitrogen and oxygen atoms in total. The SMILES string of the molecule is C=CCNC(=NCC1(c2ccc(F)cc2)CCOCC1)NCC.I. The zero-order valence-electron chi connectivity index (χ0n) is 14.2. The Balaban J connectivity index is 0.00000288. The van der Waals surface area contributed by atoms with E-state index >= 15 is 0 Å². The molecule has 0 aliphatic carbocycles. The van der Waals surface area contributed by atoms with Gasteiger partial charge in [-0.1, -0.05) is 18.2 Å². The number of guanidine groups is 1. The molecule has 1 fully saturated rings. The predicted molar refractivity (Wildman–Crippen MR) is 108 cm³/mol. The van der Waals surface area contributed by atoms with Gasteiger partial charge in [0.2, 0.25) is 0 Å². The van der Waals surface area contributed by atoms with Gasteiger partial charge in [-0.2, -0.15) is 0 Å². The number of benzene rings is 1. The molecule has 0 atom stereocenters. The molecular formula is C18H27FIN3O. The second-order valence-electron chi connectivity index (χ2n) is 5.76. The lowest BCUT2D eigenvalue weighted by Gasteiger charge is -2.36. The van der Waals surface area contributed by atoms with Gasteiger partial charge in [0.25, 0.3) is 0 Å². The molecule has 24 heavy (non-hydrogen) atoms. The van der Waals surface area contributed by atoms with E-state index in [1.165, 1.54) is 12.1 Å². The summed E-state index contributed by atoms with van der Waals surface area (Å²) in [5.74, 6) is 0.570. The maximum Gasteiger partial charge on any atom is 0.191 e. The number of hydrogen-bond donors (Lipinski definition) is 2. The average Bonchev–Trinajstić information content (AvgIpc) is 2.59. The highest BCUT2D eigenvalue weighted by Gasteiger charge is 2.34. The lowest BCUT2D eigenvalue weighted by atomic mass is 9.74. The van der Waals surface area contributed by atoms with Gasteiger partial charge in [-0.15, -0.1) is 30.6 Å². The standard InChI is InChI=1S/C18H26FN3O.HI/c1-3-11-21-17(20-4-2)22-14-18(9-12-23-13-10-18)15-5-7-16(19)8-6-15;/h3,5-8H,1,4,9-14H2,2H3,(H2,20,21,22);1H. The third kappa shape index (κ3) is 5.73. The van der Waals surface area contributed by atoms with Crippen molar-refractivity contribution in [3.8, 4) is 0 Å². The van der Waals surface area contributed by atoms with Crippen LogP contribution < -0.4 is 10.6 Å². The molecule has 1 heterocycles. The van der Waals surface area contributed by atoms with Crippen LogP contribution in [0.3, 0.4) is 0 Å². The molecule has 6 heteroatoms. The summed E-state index contributed by atoms with van der Waals surface area (Å²) in [5.41, 5.74) is 1.04. The first-order valence-electron chi connectivity index (χ1n) is 8.17. The summed E-state index contributed by atoms with van der Waals surface area (Å²) >= 11 is 0. The maximum absolute atomic E-state index is 13.3. The molecule has 0 unspecified atom stereocenters. The summed E-state index contributed by atoms with van der Waals surface area (Å²) in [4.78, 5) is 4.74. The molecule has 1 aromatic carbocycles. The van der Waals surface area contributed by atoms with Gasteiger partial charge in [-0.3, -0.25) is 4.99 Å². The summed E-state index contributed by atoms with van der Waals surface area (Å²) in [6.45, 7) is 9.29. The number of hydrogen-bond acceptors (Lipinski definition) is 2. The van der Waals surface area contributed by atoms with E-state index in [1.807, 2.05) is 19.1 Å². The van der Waals surface area contributed by atoms with Crippen LogP contribution in [0.5, 0.6) is 0 Å². The van der Waals surface area contributed by atoms with E-state index in [9.17, 15) is 4.39 Å². The van der Waals surface area contributed by atoms with Crippen LogP contribution in [-0.2, 0) is 10.2 Å². The normalized spacial score (nSPS) is 16.8. The van der Waals surface area contributed by atoms with E-state index in [-0.39, 0.29) is 35.2 Å². The molecule has 2 rings (SSSR count). The predicted octanol–water partition coefficient (Wildman–Crippen LogP) is 3.23. The fraction of sp³-hybridized carbons (Fsp3) is 0.500. The van der Waals surface area contributed by atoms with Gasteiger partial charge in [0.15, 0.2) is 5.96 Å². The van der Waals surface area contributed by atoms with Gasteiger partial charge in [-0.25, -0.2) is 4.39 Å². The van der Waals surface area contributed by atoms with Crippen molar-refractivity contribution in [3.05, 3.63) is 48.3 Å². The highest BCUT2D eigenvalue weighted by molar-refractivity contribution is 14.0. The molecule has 0 amide bonds. The summed E-state index contributed by atoms with van der Waals surface area (Å²) < 4.78 is 18.8. The minimum atomic E-state index is -0.208. The molecule has 0 aromatic heterocycles. The smallest absolute Gasteiger partial charge is 0.191 e. The first-order chi connectivity index (χ1) is 11.2. The van der Waals surface area contributed by atoms with Gasteiger partial charge in [0, 0.05) is 31.7 Å². The van der Waals surface area contributed by atoms with Crippen molar-refractivity contribution in [2.45, 2.75) is 25.2 Å². The zero-order valence-corrected chi connectivity index (χ0v) is 16.5. The molecule has 0 spiro atoms. The highest BCUT2D eigenvalue weighted by Crippen LogP contribution is 2.35. The molecular weight excluding hydrogens is 420 g/mol. The Labute approximate surface area is 161 Å². The average molecular weight is 447 g/mol. The van der Waals surface area contributed by atoms with E-state index < -0.39 is 0 Å². The Kier molecular flexibility index (Phi) is 9.28.